The molecule has 31 heavy (non-hydrogen) atoms. The Labute approximate surface area is 190 Å². The molecule has 0 bridgehead atoms. The predicted molar refractivity (Wildman–Crippen MR) is 122 cm³/mol. The molecule has 8 heteroatoms. The van der Waals surface area contributed by atoms with Crippen LogP contribution in [0.3, 0.4) is 0 Å². The van der Waals surface area contributed by atoms with Gasteiger partial charge in [0.25, 0.3) is 5.91 Å². The van der Waals surface area contributed by atoms with E-state index in [9.17, 15) is 9.59 Å². The van der Waals surface area contributed by atoms with E-state index in [4.69, 9.17) is 11.6 Å². The van der Waals surface area contributed by atoms with Gasteiger partial charge in [-0.05, 0) is 44.0 Å². The molecule has 0 unspecified atom stereocenters. The summed E-state index contributed by atoms with van der Waals surface area (Å²) >= 11 is 7.30. The fraction of sp³-hybridized carbons (Fsp3) is 0.304. The number of benzene rings is 2. The van der Waals surface area contributed by atoms with Gasteiger partial charge in [-0.15, -0.1) is 10.2 Å². The number of likely N-dealkylation sites (tertiary alicyclic amines) is 1. The number of aromatic nitrogens is 3. The van der Waals surface area contributed by atoms with Gasteiger partial charge in [0.2, 0.25) is 5.91 Å². The molecule has 1 aromatic heterocycles. The van der Waals surface area contributed by atoms with Crippen molar-refractivity contribution in [3.05, 3.63) is 64.7 Å². The van der Waals surface area contributed by atoms with Gasteiger partial charge in [-0.25, -0.2) is 0 Å². The van der Waals surface area contributed by atoms with Gasteiger partial charge in [-0.3, -0.25) is 14.5 Å². The number of imide groups is 1. The summed E-state index contributed by atoms with van der Waals surface area (Å²) in [6.07, 6.45) is 2.35. The van der Waals surface area contributed by atoms with E-state index in [0.29, 0.717) is 28.7 Å². The third kappa shape index (κ3) is 4.67. The lowest BCUT2D eigenvalue weighted by Gasteiger charge is -2.22. The summed E-state index contributed by atoms with van der Waals surface area (Å²) in [4.78, 5) is 27.6. The summed E-state index contributed by atoms with van der Waals surface area (Å²) < 4.78 is 1.90. The maximum Gasteiger partial charge on any atom is 0.260 e. The first-order valence-electron chi connectivity index (χ1n) is 10.2. The van der Waals surface area contributed by atoms with E-state index in [1.807, 2.05) is 42.8 Å². The van der Waals surface area contributed by atoms with E-state index in [2.05, 4.69) is 10.2 Å². The van der Waals surface area contributed by atoms with E-state index in [-0.39, 0.29) is 17.1 Å². The summed E-state index contributed by atoms with van der Waals surface area (Å²) in [5.41, 5.74) is 2.61. The van der Waals surface area contributed by atoms with Gasteiger partial charge < -0.3 is 4.57 Å². The topological polar surface area (TPSA) is 68.1 Å². The Balaban J connectivity index is 1.54. The molecule has 0 saturated carbocycles. The van der Waals surface area contributed by atoms with Crippen LogP contribution in [-0.2, 0) is 11.8 Å². The second kappa shape index (κ2) is 9.24. The molecule has 0 spiro atoms. The summed E-state index contributed by atoms with van der Waals surface area (Å²) in [5, 5.41) is 9.48. The number of carbonyl (C=O) groups is 2. The number of hydrogen-bond donors (Lipinski definition) is 0. The zero-order valence-corrected chi connectivity index (χ0v) is 19.0. The lowest BCUT2D eigenvalue weighted by atomic mass is 10.1. The summed E-state index contributed by atoms with van der Waals surface area (Å²) in [7, 11) is 1.90. The fourth-order valence-corrected chi connectivity index (χ4v) is 4.79. The Morgan fingerprint density at radius 1 is 1.06 bits per heavy atom. The largest absolute Gasteiger partial charge is 0.305 e. The first-order chi connectivity index (χ1) is 14.9. The normalized spacial score (nSPS) is 16.9. The average molecular weight is 455 g/mol. The molecule has 0 aliphatic carbocycles. The van der Waals surface area contributed by atoms with Gasteiger partial charge in [-0.2, -0.15) is 0 Å². The van der Waals surface area contributed by atoms with Crippen molar-refractivity contribution in [2.75, 3.05) is 6.54 Å². The number of thioether (sulfide) groups is 1. The van der Waals surface area contributed by atoms with Crippen LogP contribution in [0.1, 0.15) is 35.2 Å². The molecule has 160 valence electrons. The quantitative estimate of drug-likeness (QED) is 0.532. The smallest absolute Gasteiger partial charge is 0.260 e. The second-order valence-electron chi connectivity index (χ2n) is 7.64. The molecule has 1 fully saturated rings. The third-order valence-corrected chi connectivity index (χ3v) is 6.91. The molecule has 2 amide bonds. The molecule has 3 aromatic rings. The van der Waals surface area contributed by atoms with Crippen molar-refractivity contribution in [1.29, 1.82) is 0 Å². The Kier molecular flexibility index (Phi) is 6.43. The monoisotopic (exact) mass is 454 g/mol. The van der Waals surface area contributed by atoms with Crippen molar-refractivity contribution in [3.8, 4) is 11.4 Å². The SMILES string of the molecule is Cc1ccc(-c2nnc(S[C@H]3CCCCN(C(=O)c4ccc(Cl)cc4)C3=O)n2C)cc1. The fourth-order valence-electron chi connectivity index (χ4n) is 3.57. The minimum Gasteiger partial charge on any atom is -0.305 e. The molecule has 1 atom stereocenters. The molecule has 4 rings (SSSR count). The number of halogens is 1. The molecule has 1 saturated heterocycles. The van der Waals surface area contributed by atoms with Crippen molar-refractivity contribution < 1.29 is 9.59 Å². The number of rotatable bonds is 4. The maximum absolute atomic E-state index is 13.3. The van der Waals surface area contributed by atoms with Gasteiger partial charge in [0, 0.05) is 29.7 Å². The van der Waals surface area contributed by atoms with Crippen LogP contribution in [0.2, 0.25) is 5.02 Å². The van der Waals surface area contributed by atoms with Crippen LogP contribution in [0.4, 0.5) is 0 Å². The van der Waals surface area contributed by atoms with Crippen LogP contribution in [0, 0.1) is 6.92 Å². The average Bonchev–Trinajstić information content (AvgIpc) is 3.02. The lowest BCUT2D eigenvalue weighted by molar-refractivity contribution is -0.127. The highest BCUT2D eigenvalue weighted by molar-refractivity contribution is 8.00. The Bertz CT molecular complexity index is 1100. The Morgan fingerprint density at radius 3 is 2.48 bits per heavy atom. The third-order valence-electron chi connectivity index (χ3n) is 5.37. The molecular weight excluding hydrogens is 432 g/mol. The molecule has 0 N–H and O–H groups in total. The molecule has 0 radical (unpaired) electrons. The van der Waals surface area contributed by atoms with E-state index >= 15 is 0 Å². The van der Waals surface area contributed by atoms with Crippen LogP contribution in [0.5, 0.6) is 0 Å². The van der Waals surface area contributed by atoms with Crippen LogP contribution in [0.15, 0.2) is 53.7 Å². The van der Waals surface area contributed by atoms with Crippen LogP contribution >= 0.6 is 23.4 Å². The maximum atomic E-state index is 13.3. The first-order valence-corrected chi connectivity index (χ1v) is 11.4. The van der Waals surface area contributed by atoms with Gasteiger partial charge in [0.05, 0.1) is 5.25 Å². The molecule has 1 aliphatic heterocycles. The molecule has 1 aliphatic rings. The lowest BCUT2D eigenvalue weighted by Crippen LogP contribution is -2.41. The van der Waals surface area contributed by atoms with Gasteiger partial charge in [0.1, 0.15) is 0 Å². The van der Waals surface area contributed by atoms with Crippen molar-refractivity contribution in [2.24, 2.45) is 7.05 Å². The predicted octanol–water partition coefficient (Wildman–Crippen LogP) is 4.76. The number of amides is 2. The molecule has 6 nitrogen and oxygen atoms in total. The van der Waals surface area contributed by atoms with Crippen molar-refractivity contribution in [3.63, 3.8) is 0 Å². The van der Waals surface area contributed by atoms with Gasteiger partial charge in [-0.1, -0.05) is 59.6 Å². The second-order valence-corrected chi connectivity index (χ2v) is 9.24. The summed E-state index contributed by atoms with van der Waals surface area (Å²) in [6, 6.07) is 14.7. The zero-order valence-electron chi connectivity index (χ0n) is 17.4. The Hall–Kier alpha value is -2.64. The van der Waals surface area contributed by atoms with Crippen molar-refractivity contribution in [1.82, 2.24) is 19.7 Å². The highest BCUT2D eigenvalue weighted by atomic mass is 35.5. The number of carbonyl (C=O) groups excluding carboxylic acids is 2. The van der Waals surface area contributed by atoms with Crippen LogP contribution < -0.4 is 0 Å². The zero-order chi connectivity index (χ0) is 22.0. The highest BCUT2D eigenvalue weighted by Crippen LogP contribution is 2.31. The summed E-state index contributed by atoms with van der Waals surface area (Å²) in [6.45, 7) is 2.46. The number of hydrogen-bond acceptors (Lipinski definition) is 5. The van der Waals surface area contributed by atoms with Gasteiger partial charge in [0.15, 0.2) is 11.0 Å². The number of aryl methyl sites for hydroxylation is 1. The van der Waals surface area contributed by atoms with E-state index in [1.54, 1.807) is 24.3 Å². The van der Waals surface area contributed by atoms with E-state index in [1.165, 1.54) is 22.2 Å². The molecule has 2 aromatic carbocycles. The standard InChI is InChI=1S/C23H23ClN4O2S/c1-15-6-8-16(9-7-15)20-25-26-23(27(20)2)31-19-5-3-4-14-28(22(19)30)21(29)17-10-12-18(24)13-11-17/h6-13,19H,3-5,14H2,1-2H3/t19-/m0/s1. The van der Waals surface area contributed by atoms with Gasteiger partial charge >= 0.3 is 0 Å². The van der Waals surface area contributed by atoms with Crippen LogP contribution in [0.25, 0.3) is 11.4 Å². The van der Waals surface area contributed by atoms with E-state index < -0.39 is 0 Å². The number of nitrogens with zero attached hydrogens (tertiary/aromatic N) is 4. The highest BCUT2D eigenvalue weighted by Gasteiger charge is 2.33. The minimum absolute atomic E-state index is 0.178. The Morgan fingerprint density at radius 2 is 1.77 bits per heavy atom. The minimum atomic E-state index is -0.382. The van der Waals surface area contributed by atoms with Crippen molar-refractivity contribution >= 4 is 35.2 Å². The van der Waals surface area contributed by atoms with Crippen molar-refractivity contribution in [2.45, 2.75) is 36.6 Å². The first kappa shape index (κ1) is 21.6. The van der Waals surface area contributed by atoms with Crippen LogP contribution in [-0.4, -0.2) is 43.3 Å². The molecule has 2 heterocycles. The molecular formula is C23H23ClN4O2S. The van der Waals surface area contributed by atoms with E-state index in [0.717, 1.165) is 24.2 Å². The summed E-state index contributed by atoms with van der Waals surface area (Å²) in [5.74, 6) is 0.285.